The number of aliphatic imine (C=N–C) groups is 2. The smallest absolute Gasteiger partial charge is 0.191 e. The van der Waals surface area contributed by atoms with Crippen LogP contribution in [-0.2, 0) is 0 Å². The van der Waals surface area contributed by atoms with E-state index in [-0.39, 0.29) is 5.41 Å². The highest BCUT2D eigenvalue weighted by Gasteiger charge is 2.22. The van der Waals surface area contributed by atoms with Gasteiger partial charge in [-0.1, -0.05) is 13.8 Å². The molecule has 6 nitrogen and oxygen atoms in total. The van der Waals surface area contributed by atoms with Crippen LogP contribution in [0.1, 0.15) is 27.7 Å². The van der Waals surface area contributed by atoms with Crippen LogP contribution in [0.3, 0.4) is 0 Å². The number of rotatable bonds is 4. The Kier molecular flexibility index (Phi) is 4.17. The second-order valence-electron chi connectivity index (χ2n) is 6.34. The van der Waals surface area contributed by atoms with E-state index in [1.54, 1.807) is 0 Å². The summed E-state index contributed by atoms with van der Waals surface area (Å²) in [6, 6.07) is 0.893. The van der Waals surface area contributed by atoms with Crippen LogP contribution in [0.25, 0.3) is 0 Å². The minimum absolute atomic E-state index is 0.131. The van der Waals surface area contributed by atoms with Crippen molar-refractivity contribution in [3.05, 3.63) is 0 Å². The van der Waals surface area contributed by atoms with Gasteiger partial charge in [-0.2, -0.15) is 0 Å². The molecule has 0 aliphatic carbocycles. The van der Waals surface area contributed by atoms with Gasteiger partial charge in [0.25, 0.3) is 0 Å². The fraction of sp³-hybridized carbons (Fsp3) is 0.846. The molecule has 19 heavy (non-hydrogen) atoms. The number of hydrogen-bond donors (Lipinski definition) is 4. The molecule has 0 radical (unpaired) electrons. The highest BCUT2D eigenvalue weighted by Crippen LogP contribution is 2.12. The fourth-order valence-electron chi connectivity index (χ4n) is 2.03. The van der Waals surface area contributed by atoms with E-state index in [2.05, 4.69) is 58.9 Å². The summed E-state index contributed by atoms with van der Waals surface area (Å²) in [6.45, 7) is 12.2. The summed E-state index contributed by atoms with van der Waals surface area (Å²) in [6.07, 6.45) is 0. The van der Waals surface area contributed by atoms with E-state index in [1.165, 1.54) is 0 Å². The third-order valence-corrected chi connectivity index (χ3v) is 3.28. The van der Waals surface area contributed by atoms with Gasteiger partial charge in [0.1, 0.15) is 0 Å². The van der Waals surface area contributed by atoms with Crippen LogP contribution >= 0.6 is 0 Å². The molecule has 2 aliphatic heterocycles. The number of guanidine groups is 2. The van der Waals surface area contributed by atoms with Gasteiger partial charge in [0.2, 0.25) is 0 Å². The summed E-state index contributed by atoms with van der Waals surface area (Å²) < 4.78 is 0. The van der Waals surface area contributed by atoms with Crippen molar-refractivity contribution >= 4 is 11.9 Å². The van der Waals surface area contributed by atoms with Crippen molar-refractivity contribution < 1.29 is 0 Å². The van der Waals surface area contributed by atoms with Crippen molar-refractivity contribution in [1.29, 1.82) is 0 Å². The zero-order chi connectivity index (χ0) is 13.9. The van der Waals surface area contributed by atoms with E-state index in [0.717, 1.165) is 38.1 Å². The molecule has 0 fully saturated rings. The van der Waals surface area contributed by atoms with E-state index in [9.17, 15) is 0 Å². The van der Waals surface area contributed by atoms with Crippen molar-refractivity contribution in [2.24, 2.45) is 15.4 Å². The van der Waals surface area contributed by atoms with Gasteiger partial charge >= 0.3 is 0 Å². The molecule has 2 rings (SSSR count). The summed E-state index contributed by atoms with van der Waals surface area (Å²) in [7, 11) is 0. The zero-order valence-electron chi connectivity index (χ0n) is 12.4. The van der Waals surface area contributed by atoms with Gasteiger partial charge in [-0.3, -0.25) is 9.98 Å². The maximum absolute atomic E-state index is 4.41. The highest BCUT2D eigenvalue weighted by molar-refractivity contribution is 5.82. The molecule has 0 aromatic rings. The Hall–Kier alpha value is -1.46. The number of nitrogens with zero attached hydrogens (tertiary/aromatic N) is 2. The van der Waals surface area contributed by atoms with Crippen LogP contribution in [0.5, 0.6) is 0 Å². The van der Waals surface area contributed by atoms with Crippen molar-refractivity contribution in [3.8, 4) is 0 Å². The molecule has 2 aliphatic rings. The molecule has 2 atom stereocenters. The average molecular weight is 266 g/mol. The highest BCUT2D eigenvalue weighted by atomic mass is 15.2. The SMILES string of the molecule is CC1CN=C(NCC(C)(C)CNC2=NCC(C)N2)N1. The molecule has 0 bridgehead atoms. The Bertz CT molecular complexity index is 339. The van der Waals surface area contributed by atoms with Gasteiger partial charge < -0.3 is 21.3 Å². The first kappa shape index (κ1) is 14.0. The second-order valence-corrected chi connectivity index (χ2v) is 6.34. The summed E-state index contributed by atoms with van der Waals surface area (Å²) >= 11 is 0. The quantitative estimate of drug-likeness (QED) is 0.573. The van der Waals surface area contributed by atoms with Gasteiger partial charge in [-0.25, -0.2) is 0 Å². The van der Waals surface area contributed by atoms with Gasteiger partial charge in [0.05, 0.1) is 13.1 Å². The van der Waals surface area contributed by atoms with Gasteiger partial charge in [0, 0.05) is 25.2 Å². The summed E-state index contributed by atoms with van der Waals surface area (Å²) in [5, 5.41) is 13.4. The van der Waals surface area contributed by atoms with Crippen LogP contribution in [0.15, 0.2) is 9.98 Å². The Morgan fingerprint density at radius 2 is 1.42 bits per heavy atom. The molecule has 4 N–H and O–H groups in total. The first-order valence-corrected chi connectivity index (χ1v) is 7.04. The molecule has 108 valence electrons. The Morgan fingerprint density at radius 1 is 1.00 bits per heavy atom. The van der Waals surface area contributed by atoms with Crippen LogP contribution in [0.2, 0.25) is 0 Å². The minimum Gasteiger partial charge on any atom is -0.356 e. The lowest BCUT2D eigenvalue weighted by Gasteiger charge is -2.26. The Labute approximate surface area is 115 Å². The summed E-state index contributed by atoms with van der Waals surface area (Å²) in [4.78, 5) is 8.81. The maximum atomic E-state index is 4.41. The molecular weight excluding hydrogens is 240 g/mol. The first-order chi connectivity index (χ1) is 8.94. The van der Waals surface area contributed by atoms with Gasteiger partial charge in [-0.05, 0) is 19.3 Å². The second kappa shape index (κ2) is 5.67. The lowest BCUT2D eigenvalue weighted by molar-refractivity contribution is 0.358. The fourth-order valence-corrected chi connectivity index (χ4v) is 2.03. The lowest BCUT2D eigenvalue weighted by atomic mass is 9.93. The van der Waals surface area contributed by atoms with E-state index < -0.39 is 0 Å². The van der Waals surface area contributed by atoms with E-state index in [1.807, 2.05) is 0 Å². The lowest BCUT2D eigenvalue weighted by Crippen LogP contribution is -2.47. The van der Waals surface area contributed by atoms with Crippen molar-refractivity contribution in [3.63, 3.8) is 0 Å². The van der Waals surface area contributed by atoms with Crippen LogP contribution < -0.4 is 21.3 Å². The van der Waals surface area contributed by atoms with Crippen molar-refractivity contribution in [1.82, 2.24) is 21.3 Å². The molecule has 0 saturated carbocycles. The summed E-state index contributed by atoms with van der Waals surface area (Å²) in [5.74, 6) is 1.84. The Morgan fingerprint density at radius 3 is 1.74 bits per heavy atom. The molecule has 0 saturated heterocycles. The molecule has 2 unspecified atom stereocenters. The molecule has 0 aromatic heterocycles. The summed E-state index contributed by atoms with van der Waals surface area (Å²) in [5.41, 5.74) is 0.131. The predicted octanol–water partition coefficient (Wildman–Crippen LogP) is -0.113. The standard InChI is InChI=1S/C13H26N6/c1-9-5-14-11(18-9)16-7-13(3,4)8-17-12-15-6-10(2)19-12/h9-10H,5-8H2,1-4H3,(H2,14,16,18)(H2,15,17,19). The number of hydrogen-bond acceptors (Lipinski definition) is 6. The molecule has 2 heterocycles. The third kappa shape index (κ3) is 4.29. The molecule has 0 aromatic carbocycles. The molecular formula is C13H26N6. The largest absolute Gasteiger partial charge is 0.356 e. The predicted molar refractivity (Wildman–Crippen MR) is 79.6 cm³/mol. The van der Waals surface area contributed by atoms with Crippen molar-refractivity contribution in [2.45, 2.75) is 39.8 Å². The molecule has 0 amide bonds. The number of nitrogens with one attached hydrogen (secondary N) is 4. The average Bonchev–Trinajstić information content (AvgIpc) is 2.93. The normalized spacial score (nSPS) is 26.3. The minimum atomic E-state index is 0.131. The molecule has 6 heteroatoms. The zero-order valence-corrected chi connectivity index (χ0v) is 12.4. The van der Waals surface area contributed by atoms with E-state index in [4.69, 9.17) is 0 Å². The Balaban J connectivity index is 1.69. The third-order valence-electron chi connectivity index (χ3n) is 3.28. The van der Waals surface area contributed by atoms with Crippen molar-refractivity contribution in [2.75, 3.05) is 26.2 Å². The van der Waals surface area contributed by atoms with Crippen LogP contribution in [-0.4, -0.2) is 50.2 Å². The molecule has 0 spiro atoms. The first-order valence-electron chi connectivity index (χ1n) is 7.04. The van der Waals surface area contributed by atoms with E-state index in [0.29, 0.717) is 12.1 Å². The van der Waals surface area contributed by atoms with E-state index >= 15 is 0 Å². The van der Waals surface area contributed by atoms with Gasteiger partial charge in [0.15, 0.2) is 11.9 Å². The topological polar surface area (TPSA) is 72.8 Å². The maximum Gasteiger partial charge on any atom is 0.191 e. The monoisotopic (exact) mass is 266 g/mol. The van der Waals surface area contributed by atoms with Gasteiger partial charge in [-0.15, -0.1) is 0 Å². The van der Waals surface area contributed by atoms with Crippen LogP contribution in [0, 0.1) is 5.41 Å². The van der Waals surface area contributed by atoms with Crippen LogP contribution in [0.4, 0.5) is 0 Å².